The number of amides is 2. The monoisotopic (exact) mass is 346 g/mol. The summed E-state index contributed by atoms with van der Waals surface area (Å²) < 4.78 is 5.23. The molecule has 1 atom stereocenters. The molecule has 0 aliphatic rings. The first-order valence-corrected chi connectivity index (χ1v) is 7.81. The highest BCUT2D eigenvalue weighted by Gasteiger charge is 2.18. The molecule has 0 fully saturated rings. The molecule has 2 amide bonds. The summed E-state index contributed by atoms with van der Waals surface area (Å²) in [4.78, 5) is 24.4. The van der Waals surface area contributed by atoms with Gasteiger partial charge in [-0.05, 0) is 37.6 Å². The largest absolute Gasteiger partial charge is 0.495 e. The number of benzene rings is 2. The highest BCUT2D eigenvalue weighted by Crippen LogP contribution is 2.30. The Hall–Kier alpha value is -2.53. The maximum absolute atomic E-state index is 12.3. The summed E-state index contributed by atoms with van der Waals surface area (Å²) in [6.07, 6.45) is 0. The predicted octanol–water partition coefficient (Wildman–Crippen LogP) is 3.41. The van der Waals surface area contributed by atoms with Gasteiger partial charge in [0.2, 0.25) is 5.91 Å². The van der Waals surface area contributed by atoms with E-state index >= 15 is 0 Å². The minimum Gasteiger partial charge on any atom is -0.495 e. The summed E-state index contributed by atoms with van der Waals surface area (Å²) in [5.74, 6) is -0.197. The van der Waals surface area contributed by atoms with Gasteiger partial charge in [0.15, 0.2) is 0 Å². The third-order valence-corrected chi connectivity index (χ3v) is 3.92. The maximum atomic E-state index is 12.3. The molecule has 0 saturated carbocycles. The van der Waals surface area contributed by atoms with E-state index in [0.29, 0.717) is 22.0 Å². The van der Waals surface area contributed by atoms with Crippen LogP contribution in [0.5, 0.6) is 5.75 Å². The Bertz CT molecular complexity index is 747. The van der Waals surface area contributed by atoms with Gasteiger partial charge in [0.25, 0.3) is 5.91 Å². The van der Waals surface area contributed by atoms with Crippen LogP contribution in [0, 0.1) is 6.92 Å². The molecule has 24 heavy (non-hydrogen) atoms. The molecule has 2 rings (SSSR count). The van der Waals surface area contributed by atoms with Gasteiger partial charge in [-0.25, -0.2) is 0 Å². The molecular formula is C18H19ClN2O3. The van der Waals surface area contributed by atoms with E-state index in [0.717, 1.165) is 5.56 Å². The average Bonchev–Trinajstić information content (AvgIpc) is 2.58. The highest BCUT2D eigenvalue weighted by atomic mass is 35.5. The molecule has 0 radical (unpaired) electrons. The van der Waals surface area contributed by atoms with E-state index < -0.39 is 6.04 Å². The first kappa shape index (κ1) is 17.8. The van der Waals surface area contributed by atoms with Gasteiger partial charge >= 0.3 is 0 Å². The van der Waals surface area contributed by atoms with Crippen molar-refractivity contribution in [3.05, 3.63) is 58.6 Å². The Morgan fingerprint density at radius 2 is 1.83 bits per heavy atom. The van der Waals surface area contributed by atoms with Crippen molar-refractivity contribution in [2.24, 2.45) is 0 Å². The maximum Gasteiger partial charge on any atom is 0.251 e. The highest BCUT2D eigenvalue weighted by molar-refractivity contribution is 6.31. The Labute approximate surface area is 146 Å². The Morgan fingerprint density at radius 3 is 2.46 bits per heavy atom. The molecular weight excluding hydrogens is 328 g/mol. The van der Waals surface area contributed by atoms with Crippen LogP contribution in [0.2, 0.25) is 5.02 Å². The molecule has 0 aliphatic carbocycles. The smallest absolute Gasteiger partial charge is 0.251 e. The van der Waals surface area contributed by atoms with E-state index in [4.69, 9.17) is 16.3 Å². The second-order valence-electron chi connectivity index (χ2n) is 5.35. The van der Waals surface area contributed by atoms with E-state index in [2.05, 4.69) is 10.6 Å². The molecule has 2 N–H and O–H groups in total. The lowest BCUT2D eigenvalue weighted by Gasteiger charge is -2.16. The number of carbonyl (C=O) groups is 2. The van der Waals surface area contributed by atoms with Crippen molar-refractivity contribution in [3.63, 3.8) is 0 Å². The summed E-state index contributed by atoms with van der Waals surface area (Å²) in [6, 6.07) is 11.4. The number of anilines is 1. The number of halogens is 1. The molecule has 6 heteroatoms. The molecule has 2 aromatic rings. The summed E-state index contributed by atoms with van der Waals surface area (Å²) in [7, 11) is 1.50. The Balaban J connectivity index is 2.07. The fraction of sp³-hybridized carbons (Fsp3) is 0.222. The number of hydrogen-bond acceptors (Lipinski definition) is 3. The van der Waals surface area contributed by atoms with E-state index in [1.165, 1.54) is 7.11 Å². The van der Waals surface area contributed by atoms with E-state index in [1.54, 1.807) is 43.3 Å². The first-order valence-electron chi connectivity index (χ1n) is 7.43. The lowest BCUT2D eigenvalue weighted by atomic mass is 10.1. The van der Waals surface area contributed by atoms with Gasteiger partial charge in [-0.3, -0.25) is 9.59 Å². The Morgan fingerprint density at radius 1 is 1.17 bits per heavy atom. The van der Waals surface area contributed by atoms with Gasteiger partial charge in [0.1, 0.15) is 11.8 Å². The van der Waals surface area contributed by atoms with Gasteiger partial charge in [-0.1, -0.05) is 29.8 Å². The number of aryl methyl sites for hydroxylation is 1. The quantitative estimate of drug-likeness (QED) is 0.871. The molecule has 0 spiro atoms. The summed E-state index contributed by atoms with van der Waals surface area (Å²) in [5.41, 5.74) is 1.82. The van der Waals surface area contributed by atoms with Crippen LogP contribution in [0.4, 0.5) is 5.69 Å². The van der Waals surface area contributed by atoms with Crippen LogP contribution in [0.15, 0.2) is 42.5 Å². The molecule has 0 aliphatic heterocycles. The average molecular weight is 347 g/mol. The lowest BCUT2D eigenvalue weighted by molar-refractivity contribution is -0.117. The number of carbonyl (C=O) groups excluding carboxylic acids is 2. The van der Waals surface area contributed by atoms with E-state index in [9.17, 15) is 9.59 Å². The van der Waals surface area contributed by atoms with Crippen LogP contribution in [0.1, 0.15) is 22.8 Å². The number of methoxy groups -OCH3 is 1. The van der Waals surface area contributed by atoms with Gasteiger partial charge in [0.05, 0.1) is 12.8 Å². The van der Waals surface area contributed by atoms with E-state index in [-0.39, 0.29) is 11.8 Å². The van der Waals surface area contributed by atoms with Crippen LogP contribution in [0.3, 0.4) is 0 Å². The van der Waals surface area contributed by atoms with Gasteiger partial charge < -0.3 is 15.4 Å². The summed E-state index contributed by atoms with van der Waals surface area (Å²) >= 11 is 6.05. The third-order valence-electron chi connectivity index (χ3n) is 3.52. The third kappa shape index (κ3) is 4.26. The molecule has 2 aromatic carbocycles. The number of hydrogen-bond donors (Lipinski definition) is 2. The van der Waals surface area contributed by atoms with Crippen LogP contribution in [-0.2, 0) is 4.79 Å². The van der Waals surface area contributed by atoms with Crippen molar-refractivity contribution in [2.75, 3.05) is 12.4 Å². The van der Waals surface area contributed by atoms with Crippen LogP contribution < -0.4 is 15.4 Å². The molecule has 0 bridgehead atoms. The van der Waals surface area contributed by atoms with Crippen molar-refractivity contribution in [1.29, 1.82) is 0 Å². The lowest BCUT2D eigenvalue weighted by Crippen LogP contribution is -2.41. The molecule has 0 aromatic heterocycles. The number of ether oxygens (including phenoxy) is 1. The number of rotatable bonds is 5. The zero-order valence-electron chi connectivity index (χ0n) is 13.7. The molecule has 5 nitrogen and oxygen atoms in total. The van der Waals surface area contributed by atoms with E-state index in [1.807, 2.05) is 13.0 Å². The molecule has 0 heterocycles. The van der Waals surface area contributed by atoms with Crippen molar-refractivity contribution >= 4 is 29.1 Å². The topological polar surface area (TPSA) is 67.4 Å². The fourth-order valence-electron chi connectivity index (χ4n) is 2.11. The normalized spacial score (nSPS) is 11.5. The standard InChI is InChI=1S/C18H19ClN2O3/c1-11-9-15(16(24-3)10-14(11)19)21-17(22)12(2)20-18(23)13-7-5-4-6-8-13/h4-10,12H,1-3H3,(H,20,23)(H,21,22). The fourth-order valence-corrected chi connectivity index (χ4v) is 2.26. The predicted molar refractivity (Wildman–Crippen MR) is 94.7 cm³/mol. The molecule has 0 saturated heterocycles. The number of nitrogens with one attached hydrogen (secondary N) is 2. The second kappa shape index (κ2) is 7.84. The van der Waals surface area contributed by atoms with Gasteiger partial charge in [0, 0.05) is 16.7 Å². The van der Waals surface area contributed by atoms with Crippen LogP contribution in [-0.4, -0.2) is 25.0 Å². The van der Waals surface area contributed by atoms with Gasteiger partial charge in [-0.15, -0.1) is 0 Å². The Kier molecular flexibility index (Phi) is 5.82. The van der Waals surface area contributed by atoms with Crippen LogP contribution in [0.25, 0.3) is 0 Å². The zero-order chi connectivity index (χ0) is 17.7. The van der Waals surface area contributed by atoms with Crippen molar-refractivity contribution < 1.29 is 14.3 Å². The minimum atomic E-state index is -0.710. The van der Waals surface area contributed by atoms with Crippen LogP contribution >= 0.6 is 11.6 Å². The first-order chi connectivity index (χ1) is 11.4. The van der Waals surface area contributed by atoms with Gasteiger partial charge in [-0.2, -0.15) is 0 Å². The summed E-state index contributed by atoms with van der Waals surface area (Å²) in [6.45, 7) is 3.45. The molecule has 126 valence electrons. The SMILES string of the molecule is COc1cc(Cl)c(C)cc1NC(=O)C(C)NC(=O)c1ccccc1. The van der Waals surface area contributed by atoms with Crippen molar-refractivity contribution in [3.8, 4) is 5.75 Å². The van der Waals surface area contributed by atoms with Crippen molar-refractivity contribution in [2.45, 2.75) is 19.9 Å². The second-order valence-corrected chi connectivity index (χ2v) is 5.76. The molecule has 1 unspecified atom stereocenters. The van der Waals surface area contributed by atoms with Crippen molar-refractivity contribution in [1.82, 2.24) is 5.32 Å². The minimum absolute atomic E-state index is 0.308. The zero-order valence-corrected chi connectivity index (χ0v) is 14.5. The summed E-state index contributed by atoms with van der Waals surface area (Å²) in [5, 5.41) is 5.96.